The van der Waals surface area contributed by atoms with Crippen molar-refractivity contribution in [1.82, 2.24) is 9.72 Å². The summed E-state index contributed by atoms with van der Waals surface area (Å²) in [5, 5.41) is 6.96. The average Bonchev–Trinajstić information content (AvgIpc) is 3.35. The van der Waals surface area contributed by atoms with Crippen LogP contribution >= 0.6 is 0 Å². The first-order chi connectivity index (χ1) is 14.6. The highest BCUT2D eigenvalue weighted by Crippen LogP contribution is 2.31. The lowest BCUT2D eigenvalue weighted by molar-refractivity contribution is 0.100. The SMILES string of the molecule is Cc1cc2c(C(N)=O)cccn2c1C1NC(=NCc2ccccc2)c2cocc2N1. The van der Waals surface area contributed by atoms with Crippen molar-refractivity contribution < 1.29 is 9.21 Å². The summed E-state index contributed by atoms with van der Waals surface area (Å²) in [5.74, 6) is 0.309. The minimum absolute atomic E-state index is 0.254. The molecule has 1 aliphatic rings. The summed E-state index contributed by atoms with van der Waals surface area (Å²) in [5.41, 5.74) is 11.7. The van der Waals surface area contributed by atoms with Crippen LogP contribution in [0.3, 0.4) is 0 Å². The van der Waals surface area contributed by atoms with Crippen molar-refractivity contribution in [3.8, 4) is 0 Å². The summed E-state index contributed by atoms with van der Waals surface area (Å²) in [6, 6.07) is 15.6. The van der Waals surface area contributed by atoms with E-state index in [0.717, 1.165) is 39.4 Å². The smallest absolute Gasteiger partial charge is 0.250 e. The highest BCUT2D eigenvalue weighted by atomic mass is 16.3. The zero-order valence-corrected chi connectivity index (χ0v) is 16.4. The van der Waals surface area contributed by atoms with Gasteiger partial charge in [-0.05, 0) is 36.2 Å². The maximum absolute atomic E-state index is 11.9. The van der Waals surface area contributed by atoms with Gasteiger partial charge < -0.3 is 25.2 Å². The summed E-state index contributed by atoms with van der Waals surface area (Å²) in [6.45, 7) is 2.57. The third kappa shape index (κ3) is 3.00. The van der Waals surface area contributed by atoms with E-state index in [2.05, 4.69) is 22.8 Å². The van der Waals surface area contributed by atoms with Crippen molar-refractivity contribution in [2.45, 2.75) is 19.6 Å². The molecule has 30 heavy (non-hydrogen) atoms. The molecule has 4 N–H and O–H groups in total. The summed E-state index contributed by atoms with van der Waals surface area (Å²) < 4.78 is 7.42. The van der Waals surface area contributed by atoms with E-state index in [4.69, 9.17) is 15.1 Å². The number of pyridine rings is 1. The van der Waals surface area contributed by atoms with Crippen LogP contribution in [-0.2, 0) is 6.54 Å². The number of aliphatic imine (C=N–C) groups is 1. The minimum atomic E-state index is -0.448. The molecule has 150 valence electrons. The number of aromatic nitrogens is 1. The van der Waals surface area contributed by atoms with Crippen LogP contribution in [0.25, 0.3) is 5.52 Å². The number of carbonyl (C=O) groups excluding carboxylic acids is 1. The molecule has 4 heterocycles. The molecule has 5 rings (SSSR count). The third-order valence-electron chi connectivity index (χ3n) is 5.35. The number of nitrogens with zero attached hydrogens (tertiary/aromatic N) is 2. The van der Waals surface area contributed by atoms with Gasteiger partial charge in [-0.2, -0.15) is 0 Å². The van der Waals surface area contributed by atoms with Crippen molar-refractivity contribution in [3.63, 3.8) is 0 Å². The highest BCUT2D eigenvalue weighted by Gasteiger charge is 2.28. The van der Waals surface area contributed by atoms with E-state index in [-0.39, 0.29) is 6.17 Å². The van der Waals surface area contributed by atoms with Gasteiger partial charge in [0.1, 0.15) is 24.5 Å². The summed E-state index contributed by atoms with van der Waals surface area (Å²) in [4.78, 5) is 16.7. The molecule has 1 atom stereocenters. The molecule has 0 radical (unpaired) electrons. The van der Waals surface area contributed by atoms with Crippen LogP contribution in [0, 0.1) is 6.92 Å². The molecule has 3 aromatic heterocycles. The predicted molar refractivity (Wildman–Crippen MR) is 116 cm³/mol. The Bertz CT molecular complexity index is 1270. The van der Waals surface area contributed by atoms with E-state index in [0.29, 0.717) is 12.1 Å². The van der Waals surface area contributed by atoms with Crippen LogP contribution in [0.4, 0.5) is 5.69 Å². The number of hydrogen-bond donors (Lipinski definition) is 3. The number of amides is 1. The first-order valence-corrected chi connectivity index (χ1v) is 9.70. The third-order valence-corrected chi connectivity index (χ3v) is 5.35. The molecule has 1 amide bonds. The molecular formula is C23H21N5O2. The number of aryl methyl sites for hydroxylation is 1. The number of amidine groups is 1. The van der Waals surface area contributed by atoms with Gasteiger partial charge in [0.25, 0.3) is 5.91 Å². The largest absolute Gasteiger partial charge is 0.470 e. The van der Waals surface area contributed by atoms with E-state index in [1.807, 2.05) is 47.9 Å². The first-order valence-electron chi connectivity index (χ1n) is 9.70. The maximum Gasteiger partial charge on any atom is 0.250 e. The number of rotatable bonds is 4. The molecule has 0 saturated carbocycles. The summed E-state index contributed by atoms with van der Waals surface area (Å²) in [7, 11) is 0. The number of nitrogens with one attached hydrogen (secondary N) is 2. The van der Waals surface area contributed by atoms with Crippen molar-refractivity contribution in [3.05, 3.63) is 95.2 Å². The van der Waals surface area contributed by atoms with Crippen molar-refractivity contribution >= 4 is 22.9 Å². The molecule has 7 nitrogen and oxygen atoms in total. The second-order valence-corrected chi connectivity index (χ2v) is 7.33. The fourth-order valence-corrected chi connectivity index (χ4v) is 3.94. The second kappa shape index (κ2) is 7.11. The second-order valence-electron chi connectivity index (χ2n) is 7.33. The Morgan fingerprint density at radius 1 is 1.17 bits per heavy atom. The van der Waals surface area contributed by atoms with Crippen LogP contribution < -0.4 is 16.4 Å². The number of fused-ring (bicyclic) bond motifs is 2. The van der Waals surface area contributed by atoms with Gasteiger partial charge in [-0.15, -0.1) is 0 Å². The van der Waals surface area contributed by atoms with Gasteiger partial charge in [0, 0.05) is 6.20 Å². The molecule has 0 bridgehead atoms. The van der Waals surface area contributed by atoms with Gasteiger partial charge in [-0.25, -0.2) is 0 Å². The molecule has 0 fully saturated rings. The lowest BCUT2D eigenvalue weighted by Gasteiger charge is -2.28. The van der Waals surface area contributed by atoms with E-state index < -0.39 is 5.91 Å². The fraction of sp³-hybridized carbons (Fsp3) is 0.130. The van der Waals surface area contributed by atoms with Gasteiger partial charge in [-0.3, -0.25) is 9.79 Å². The van der Waals surface area contributed by atoms with E-state index >= 15 is 0 Å². The summed E-state index contributed by atoms with van der Waals surface area (Å²) >= 11 is 0. The topological polar surface area (TPSA) is 97.1 Å². The van der Waals surface area contributed by atoms with Crippen molar-refractivity contribution in [2.24, 2.45) is 10.7 Å². The normalized spacial score (nSPS) is 16.8. The molecule has 4 aromatic rings. The first kappa shape index (κ1) is 18.1. The molecule has 1 aromatic carbocycles. The molecule has 1 aliphatic heterocycles. The standard InChI is InChI=1S/C23H21N5O2/c1-14-10-19-16(21(24)29)8-5-9-28(19)20(14)23-26-18-13-30-12-17(18)22(27-23)25-11-15-6-3-2-4-7-15/h2-10,12-13,23,26H,11H2,1H3,(H2,24,29)(H,25,27). The Labute approximate surface area is 173 Å². The Kier molecular flexibility index (Phi) is 4.28. The lowest BCUT2D eigenvalue weighted by Crippen LogP contribution is -2.39. The Morgan fingerprint density at radius 3 is 2.80 bits per heavy atom. The molecule has 0 aliphatic carbocycles. The Balaban J connectivity index is 1.56. The maximum atomic E-state index is 11.9. The van der Waals surface area contributed by atoms with E-state index in [1.54, 1.807) is 18.6 Å². The molecule has 0 saturated heterocycles. The van der Waals surface area contributed by atoms with Crippen LogP contribution in [0.1, 0.15) is 38.9 Å². The van der Waals surface area contributed by atoms with Gasteiger partial charge in [-0.1, -0.05) is 30.3 Å². The number of primary amides is 1. The van der Waals surface area contributed by atoms with Crippen LogP contribution in [0.15, 0.2) is 76.7 Å². The quantitative estimate of drug-likeness (QED) is 0.488. The number of furan rings is 1. The number of hydrogen-bond acceptors (Lipinski definition) is 4. The average molecular weight is 399 g/mol. The van der Waals surface area contributed by atoms with Gasteiger partial charge in [0.05, 0.1) is 34.6 Å². The zero-order valence-electron chi connectivity index (χ0n) is 16.4. The molecule has 7 heteroatoms. The highest BCUT2D eigenvalue weighted by molar-refractivity contribution is 6.05. The van der Waals surface area contributed by atoms with Gasteiger partial charge >= 0.3 is 0 Å². The summed E-state index contributed by atoms with van der Waals surface area (Å²) in [6.07, 6.45) is 5.04. The van der Waals surface area contributed by atoms with Gasteiger partial charge in [0.15, 0.2) is 0 Å². The number of benzene rings is 1. The molecule has 1 unspecified atom stereocenters. The van der Waals surface area contributed by atoms with E-state index in [1.165, 1.54) is 0 Å². The number of nitrogens with two attached hydrogens (primary N) is 1. The van der Waals surface area contributed by atoms with Crippen molar-refractivity contribution in [2.75, 3.05) is 5.32 Å². The van der Waals surface area contributed by atoms with Gasteiger partial charge in [0.2, 0.25) is 0 Å². The van der Waals surface area contributed by atoms with Crippen LogP contribution in [-0.4, -0.2) is 16.1 Å². The number of carbonyl (C=O) groups is 1. The Morgan fingerprint density at radius 2 is 2.00 bits per heavy atom. The van der Waals surface area contributed by atoms with Crippen LogP contribution in [0.2, 0.25) is 0 Å². The van der Waals surface area contributed by atoms with Crippen molar-refractivity contribution in [1.29, 1.82) is 0 Å². The molecule has 0 spiro atoms. The zero-order chi connectivity index (χ0) is 20.7. The fourth-order valence-electron chi connectivity index (χ4n) is 3.94. The van der Waals surface area contributed by atoms with E-state index in [9.17, 15) is 4.79 Å². The predicted octanol–water partition coefficient (Wildman–Crippen LogP) is 3.60. The number of anilines is 1. The van der Waals surface area contributed by atoms with Crippen LogP contribution in [0.5, 0.6) is 0 Å². The Hall–Kier alpha value is -4.00. The monoisotopic (exact) mass is 399 g/mol. The lowest BCUT2D eigenvalue weighted by atomic mass is 10.1. The molecular weight excluding hydrogens is 378 g/mol. The minimum Gasteiger partial charge on any atom is -0.470 e.